The minimum Gasteiger partial charge on any atom is -0.772 e. The van der Waals surface area contributed by atoms with Gasteiger partial charge in [0.25, 0.3) is 0 Å². The monoisotopic (exact) mass is 439 g/mol. The van der Waals surface area contributed by atoms with Gasteiger partial charge < -0.3 is 23.9 Å². The molecule has 0 saturated carbocycles. The zero-order valence-corrected chi connectivity index (χ0v) is 17.7. The van der Waals surface area contributed by atoms with E-state index in [0.29, 0.717) is 53.5 Å². The van der Waals surface area contributed by atoms with Crippen LogP contribution in [0.1, 0.15) is 30.4 Å². The summed E-state index contributed by atoms with van der Waals surface area (Å²) in [5.74, 6) is 1.15. The van der Waals surface area contributed by atoms with Gasteiger partial charge in [-0.25, -0.2) is 15.0 Å². The molecule has 0 aliphatic carbocycles. The van der Waals surface area contributed by atoms with Crippen LogP contribution in [0.5, 0.6) is 5.75 Å². The number of morpholine rings is 1. The summed E-state index contributed by atoms with van der Waals surface area (Å²) in [5.41, 5.74) is 1.67. The van der Waals surface area contributed by atoms with E-state index in [1.807, 2.05) is 6.92 Å². The van der Waals surface area contributed by atoms with Gasteiger partial charge in [-0.1, -0.05) is 0 Å². The molecular formula is C20H19N6O4S-. The van der Waals surface area contributed by atoms with Crippen molar-refractivity contribution in [3.8, 4) is 23.2 Å². The number of hydrogen-bond acceptors (Lipinski definition) is 9. The van der Waals surface area contributed by atoms with Gasteiger partial charge in [0, 0.05) is 23.3 Å². The molecule has 1 N–H and O–H groups in total. The molecule has 0 radical (unpaired) electrons. The SMILES string of the molecule is CC1COCC2COc3c(C(C)S(=O)[O-])nc(-c4c(C#N)cnc5[nH]ccc45)nc3N12. The minimum atomic E-state index is -2.42. The van der Waals surface area contributed by atoms with E-state index in [4.69, 9.17) is 14.5 Å². The second kappa shape index (κ2) is 7.56. The maximum atomic E-state index is 11.9. The number of nitriles is 1. The Bertz CT molecular complexity index is 1240. The molecule has 5 heterocycles. The summed E-state index contributed by atoms with van der Waals surface area (Å²) < 4.78 is 35.3. The molecule has 2 aliphatic heterocycles. The van der Waals surface area contributed by atoms with Crippen molar-refractivity contribution in [2.45, 2.75) is 31.2 Å². The summed E-state index contributed by atoms with van der Waals surface area (Å²) in [7, 11) is 0. The smallest absolute Gasteiger partial charge is 0.184 e. The molecule has 31 heavy (non-hydrogen) atoms. The van der Waals surface area contributed by atoms with Crippen molar-refractivity contribution in [1.29, 1.82) is 5.26 Å². The zero-order valence-electron chi connectivity index (χ0n) is 16.9. The fraction of sp³-hybridized carbons (Fsp3) is 0.400. The molecule has 3 aromatic heterocycles. The van der Waals surface area contributed by atoms with Crippen molar-refractivity contribution in [2.75, 3.05) is 24.7 Å². The third kappa shape index (κ3) is 3.15. The first-order valence-electron chi connectivity index (χ1n) is 9.85. The number of anilines is 1. The number of aromatic nitrogens is 4. The summed E-state index contributed by atoms with van der Waals surface area (Å²) in [4.78, 5) is 18.8. The Labute approximate surface area is 180 Å². The van der Waals surface area contributed by atoms with E-state index in [0.717, 1.165) is 0 Å². The van der Waals surface area contributed by atoms with Crippen LogP contribution in [0.25, 0.3) is 22.4 Å². The molecule has 11 heteroatoms. The van der Waals surface area contributed by atoms with Crippen molar-refractivity contribution in [2.24, 2.45) is 0 Å². The van der Waals surface area contributed by atoms with E-state index in [9.17, 15) is 14.0 Å². The normalized spacial score (nSPS) is 22.2. The molecule has 0 spiro atoms. The first kappa shape index (κ1) is 19.9. The highest BCUT2D eigenvalue weighted by molar-refractivity contribution is 7.79. The fourth-order valence-corrected chi connectivity index (χ4v) is 4.51. The van der Waals surface area contributed by atoms with Crippen LogP contribution in [0.3, 0.4) is 0 Å². The summed E-state index contributed by atoms with van der Waals surface area (Å²) >= 11 is -2.42. The summed E-state index contributed by atoms with van der Waals surface area (Å²) in [5, 5.41) is 9.47. The molecule has 0 amide bonds. The lowest BCUT2D eigenvalue weighted by atomic mass is 10.1. The third-order valence-electron chi connectivity index (χ3n) is 5.68. The van der Waals surface area contributed by atoms with Gasteiger partial charge in [-0.05, 0) is 31.0 Å². The van der Waals surface area contributed by atoms with Gasteiger partial charge in [0.15, 0.2) is 17.4 Å². The number of nitrogens with one attached hydrogen (secondary N) is 1. The Kier molecular flexibility index (Phi) is 4.85. The highest BCUT2D eigenvalue weighted by Gasteiger charge is 2.38. The van der Waals surface area contributed by atoms with Gasteiger partial charge in [0.05, 0.1) is 36.1 Å². The van der Waals surface area contributed by atoms with E-state index >= 15 is 0 Å². The lowest BCUT2D eigenvalue weighted by Crippen LogP contribution is -2.56. The van der Waals surface area contributed by atoms with Crippen molar-refractivity contribution in [1.82, 2.24) is 19.9 Å². The van der Waals surface area contributed by atoms with Crippen molar-refractivity contribution < 1.29 is 18.2 Å². The molecule has 4 atom stereocenters. The van der Waals surface area contributed by atoms with Crippen molar-refractivity contribution in [3.05, 3.63) is 29.7 Å². The van der Waals surface area contributed by atoms with E-state index < -0.39 is 16.3 Å². The predicted molar refractivity (Wildman–Crippen MR) is 111 cm³/mol. The number of aromatic amines is 1. The Morgan fingerprint density at radius 2 is 2.23 bits per heavy atom. The van der Waals surface area contributed by atoms with Gasteiger partial charge >= 0.3 is 0 Å². The Morgan fingerprint density at radius 1 is 1.39 bits per heavy atom. The van der Waals surface area contributed by atoms with Gasteiger partial charge in [0.1, 0.15) is 24.0 Å². The van der Waals surface area contributed by atoms with Crippen LogP contribution >= 0.6 is 0 Å². The predicted octanol–water partition coefficient (Wildman–Crippen LogP) is 1.82. The quantitative estimate of drug-likeness (QED) is 0.605. The van der Waals surface area contributed by atoms with Crippen LogP contribution in [0, 0.1) is 11.3 Å². The average Bonchev–Trinajstić information content (AvgIpc) is 3.25. The molecule has 160 valence electrons. The number of fused-ring (bicyclic) bond motifs is 4. The molecule has 1 saturated heterocycles. The maximum absolute atomic E-state index is 11.9. The van der Waals surface area contributed by atoms with Crippen LogP contribution in [0.2, 0.25) is 0 Å². The van der Waals surface area contributed by atoms with Crippen LogP contribution in [0.15, 0.2) is 18.5 Å². The topological polar surface area (TPSA) is 140 Å². The molecule has 2 aliphatic rings. The lowest BCUT2D eigenvalue weighted by Gasteiger charge is -2.45. The van der Waals surface area contributed by atoms with E-state index in [-0.39, 0.29) is 23.6 Å². The zero-order chi connectivity index (χ0) is 21.7. The molecule has 4 unspecified atom stereocenters. The molecule has 0 bridgehead atoms. The molecule has 0 aromatic carbocycles. The largest absolute Gasteiger partial charge is 0.772 e. The summed E-state index contributed by atoms with van der Waals surface area (Å²) in [6.45, 7) is 4.94. The van der Waals surface area contributed by atoms with Crippen LogP contribution in [-0.2, 0) is 15.8 Å². The first-order valence-corrected chi connectivity index (χ1v) is 11.0. The van der Waals surface area contributed by atoms with Crippen LogP contribution in [0.4, 0.5) is 5.82 Å². The Balaban J connectivity index is 1.80. The van der Waals surface area contributed by atoms with E-state index in [1.165, 1.54) is 6.20 Å². The number of H-pyrrole nitrogens is 1. The van der Waals surface area contributed by atoms with Crippen molar-refractivity contribution >= 4 is 27.9 Å². The van der Waals surface area contributed by atoms with Crippen molar-refractivity contribution in [3.63, 3.8) is 0 Å². The second-order valence-corrected chi connectivity index (χ2v) is 8.87. The van der Waals surface area contributed by atoms with Gasteiger partial charge in [-0.3, -0.25) is 4.21 Å². The molecule has 1 fully saturated rings. The Hall–Kier alpha value is -3.07. The highest BCUT2D eigenvalue weighted by Crippen LogP contribution is 2.42. The summed E-state index contributed by atoms with van der Waals surface area (Å²) in [6.07, 6.45) is 3.18. The van der Waals surface area contributed by atoms with E-state index in [1.54, 1.807) is 19.2 Å². The number of nitrogens with zero attached hydrogens (tertiary/aromatic N) is 5. The van der Waals surface area contributed by atoms with Gasteiger partial charge in [0.2, 0.25) is 0 Å². The van der Waals surface area contributed by atoms with Crippen LogP contribution < -0.4 is 9.64 Å². The maximum Gasteiger partial charge on any atom is 0.184 e. The van der Waals surface area contributed by atoms with Gasteiger partial charge in [-0.2, -0.15) is 5.26 Å². The Morgan fingerprint density at radius 3 is 3.00 bits per heavy atom. The first-order chi connectivity index (χ1) is 15.0. The van der Waals surface area contributed by atoms with E-state index in [2.05, 4.69) is 25.9 Å². The molecular weight excluding hydrogens is 420 g/mol. The molecule has 10 nitrogen and oxygen atoms in total. The number of rotatable bonds is 3. The van der Waals surface area contributed by atoms with Crippen LogP contribution in [-0.4, -0.2) is 60.6 Å². The standard InChI is InChI=1S/C20H20N6O4S/c1-10-7-29-8-13-9-30-17-16(11(2)31(27)28)24-19(25-20(17)26(10)13)15-12(5-21)6-23-18-14(15)3-4-22-18/h3-4,6,10-11,13H,7-9H2,1-2H3,(H,22,23)(H,27,28)/p-1. The second-order valence-electron chi connectivity index (χ2n) is 7.65. The molecule has 3 aromatic rings. The summed E-state index contributed by atoms with van der Waals surface area (Å²) in [6, 6.07) is 3.93. The third-order valence-corrected chi connectivity index (χ3v) is 6.48. The highest BCUT2D eigenvalue weighted by atomic mass is 32.2. The number of ether oxygens (including phenoxy) is 2. The molecule has 5 rings (SSSR count). The van der Waals surface area contributed by atoms with Gasteiger partial charge in [-0.15, -0.1) is 0 Å². The average molecular weight is 439 g/mol. The minimum absolute atomic E-state index is 0.0187. The number of hydrogen-bond donors (Lipinski definition) is 1. The lowest BCUT2D eigenvalue weighted by molar-refractivity contribution is 0.0484. The fourth-order valence-electron chi connectivity index (χ4n) is 4.17. The number of pyridine rings is 1.